The quantitative estimate of drug-likeness (QED) is 0.863. The Bertz CT molecular complexity index is 573. The number of rotatable bonds is 4. The van der Waals surface area contributed by atoms with Crippen molar-refractivity contribution in [1.82, 2.24) is 4.90 Å². The molecular formula is C19H23NO2. The van der Waals surface area contributed by atoms with Gasteiger partial charge in [0.15, 0.2) is 5.79 Å². The van der Waals surface area contributed by atoms with Gasteiger partial charge in [0.2, 0.25) is 0 Å². The molecule has 1 atom stereocenters. The summed E-state index contributed by atoms with van der Waals surface area (Å²) in [6.45, 7) is 3.51. The SMILES string of the molecule is COC1(c2ccccc2)CCN(Cc2ccccc2)CCO1. The van der Waals surface area contributed by atoms with E-state index in [1.165, 1.54) is 5.56 Å². The second-order valence-electron chi connectivity index (χ2n) is 5.68. The molecular weight excluding hydrogens is 274 g/mol. The highest BCUT2D eigenvalue weighted by Crippen LogP contribution is 2.32. The van der Waals surface area contributed by atoms with Gasteiger partial charge in [0.25, 0.3) is 0 Å². The van der Waals surface area contributed by atoms with E-state index in [4.69, 9.17) is 9.47 Å². The van der Waals surface area contributed by atoms with Crippen LogP contribution < -0.4 is 0 Å². The van der Waals surface area contributed by atoms with Crippen molar-refractivity contribution in [2.24, 2.45) is 0 Å². The molecule has 1 heterocycles. The molecule has 0 bridgehead atoms. The monoisotopic (exact) mass is 297 g/mol. The predicted molar refractivity (Wildman–Crippen MR) is 87.4 cm³/mol. The summed E-state index contributed by atoms with van der Waals surface area (Å²) in [5.41, 5.74) is 2.44. The topological polar surface area (TPSA) is 21.7 Å². The Morgan fingerprint density at radius 1 is 1.00 bits per heavy atom. The number of methoxy groups -OCH3 is 1. The Hall–Kier alpha value is -1.68. The van der Waals surface area contributed by atoms with Gasteiger partial charge in [-0.1, -0.05) is 60.7 Å². The Morgan fingerprint density at radius 2 is 1.68 bits per heavy atom. The highest BCUT2D eigenvalue weighted by atomic mass is 16.7. The maximum atomic E-state index is 6.13. The number of nitrogens with zero attached hydrogens (tertiary/aromatic N) is 1. The molecule has 0 aliphatic carbocycles. The van der Waals surface area contributed by atoms with Crippen molar-refractivity contribution in [3.8, 4) is 0 Å². The summed E-state index contributed by atoms with van der Waals surface area (Å²) in [4.78, 5) is 2.43. The molecule has 1 fully saturated rings. The summed E-state index contributed by atoms with van der Waals surface area (Å²) >= 11 is 0. The second-order valence-corrected chi connectivity index (χ2v) is 5.68. The van der Waals surface area contributed by atoms with Crippen LogP contribution in [0.4, 0.5) is 0 Å². The minimum absolute atomic E-state index is 0.618. The summed E-state index contributed by atoms with van der Waals surface area (Å²) < 4.78 is 11.9. The van der Waals surface area contributed by atoms with E-state index < -0.39 is 5.79 Å². The first-order chi connectivity index (χ1) is 10.8. The Kier molecular flexibility index (Phi) is 4.88. The average molecular weight is 297 g/mol. The van der Waals surface area contributed by atoms with Crippen LogP contribution in [-0.2, 0) is 21.8 Å². The molecule has 0 amide bonds. The van der Waals surface area contributed by atoms with Crippen molar-refractivity contribution in [3.05, 3.63) is 71.8 Å². The molecule has 0 saturated carbocycles. The van der Waals surface area contributed by atoms with Gasteiger partial charge in [-0.25, -0.2) is 0 Å². The van der Waals surface area contributed by atoms with Crippen LogP contribution in [0.15, 0.2) is 60.7 Å². The molecule has 0 spiro atoms. The van der Waals surface area contributed by atoms with Crippen molar-refractivity contribution in [1.29, 1.82) is 0 Å². The molecule has 2 aromatic rings. The van der Waals surface area contributed by atoms with Crippen LogP contribution in [0.1, 0.15) is 17.5 Å². The van der Waals surface area contributed by atoms with E-state index in [-0.39, 0.29) is 0 Å². The zero-order valence-electron chi connectivity index (χ0n) is 13.1. The summed E-state index contributed by atoms with van der Waals surface area (Å²) in [6.07, 6.45) is 0.834. The third kappa shape index (κ3) is 3.38. The number of ether oxygens (including phenoxy) is 2. The summed E-state index contributed by atoms with van der Waals surface area (Å²) in [6, 6.07) is 20.8. The van der Waals surface area contributed by atoms with E-state index >= 15 is 0 Å². The van der Waals surface area contributed by atoms with Crippen LogP contribution in [0.5, 0.6) is 0 Å². The van der Waals surface area contributed by atoms with Crippen LogP contribution in [0.2, 0.25) is 0 Å². The molecule has 116 valence electrons. The standard InChI is InChI=1S/C19H23NO2/c1-21-19(18-10-6-3-7-11-18)12-13-20(14-15-22-19)16-17-8-4-2-5-9-17/h2-11H,12-16H2,1H3. The lowest BCUT2D eigenvalue weighted by Gasteiger charge is -2.31. The van der Waals surface area contributed by atoms with Gasteiger partial charge in [0, 0.05) is 38.7 Å². The molecule has 1 saturated heterocycles. The molecule has 1 unspecified atom stereocenters. The van der Waals surface area contributed by atoms with Crippen molar-refractivity contribution < 1.29 is 9.47 Å². The van der Waals surface area contributed by atoms with Gasteiger partial charge in [-0.05, 0) is 5.56 Å². The van der Waals surface area contributed by atoms with Gasteiger partial charge in [0.05, 0.1) is 6.61 Å². The van der Waals surface area contributed by atoms with Crippen molar-refractivity contribution in [2.45, 2.75) is 18.8 Å². The molecule has 2 aromatic carbocycles. The molecule has 1 aliphatic heterocycles. The van der Waals surface area contributed by atoms with E-state index in [2.05, 4.69) is 47.4 Å². The first kappa shape index (κ1) is 15.2. The summed E-state index contributed by atoms with van der Waals surface area (Å²) in [7, 11) is 1.74. The van der Waals surface area contributed by atoms with Gasteiger partial charge in [-0.2, -0.15) is 0 Å². The van der Waals surface area contributed by atoms with Crippen molar-refractivity contribution in [3.63, 3.8) is 0 Å². The fourth-order valence-electron chi connectivity index (χ4n) is 3.03. The minimum Gasteiger partial charge on any atom is -0.349 e. The van der Waals surface area contributed by atoms with Gasteiger partial charge < -0.3 is 9.47 Å². The first-order valence-electron chi connectivity index (χ1n) is 7.83. The lowest BCUT2D eigenvalue weighted by molar-refractivity contribution is -0.228. The van der Waals surface area contributed by atoms with Crippen molar-refractivity contribution in [2.75, 3.05) is 26.8 Å². The van der Waals surface area contributed by atoms with Crippen LogP contribution in [0.25, 0.3) is 0 Å². The predicted octanol–water partition coefficient (Wildman–Crippen LogP) is 3.41. The first-order valence-corrected chi connectivity index (χ1v) is 7.83. The normalized spacial score (nSPS) is 23.1. The van der Waals surface area contributed by atoms with Crippen LogP contribution in [0, 0.1) is 0 Å². The largest absolute Gasteiger partial charge is 0.349 e. The van der Waals surface area contributed by atoms with E-state index in [1.54, 1.807) is 7.11 Å². The number of benzene rings is 2. The molecule has 3 nitrogen and oxygen atoms in total. The third-order valence-electron chi connectivity index (χ3n) is 4.29. The van der Waals surface area contributed by atoms with Crippen LogP contribution in [-0.4, -0.2) is 31.7 Å². The van der Waals surface area contributed by atoms with E-state index in [9.17, 15) is 0 Å². The van der Waals surface area contributed by atoms with Gasteiger partial charge >= 0.3 is 0 Å². The maximum Gasteiger partial charge on any atom is 0.195 e. The fraction of sp³-hybridized carbons (Fsp3) is 0.368. The highest BCUT2D eigenvalue weighted by molar-refractivity contribution is 5.21. The molecule has 22 heavy (non-hydrogen) atoms. The molecule has 0 aromatic heterocycles. The fourth-order valence-corrected chi connectivity index (χ4v) is 3.03. The summed E-state index contributed by atoms with van der Waals surface area (Å²) in [5, 5.41) is 0. The van der Waals surface area contributed by atoms with Crippen LogP contribution in [0.3, 0.4) is 0 Å². The second kappa shape index (κ2) is 7.05. The highest BCUT2D eigenvalue weighted by Gasteiger charge is 2.35. The number of hydrogen-bond donors (Lipinski definition) is 0. The summed E-state index contributed by atoms with van der Waals surface area (Å²) in [5.74, 6) is -0.618. The lowest BCUT2D eigenvalue weighted by Crippen LogP contribution is -2.32. The molecule has 3 rings (SSSR count). The smallest absolute Gasteiger partial charge is 0.195 e. The Labute approximate surface area is 132 Å². The average Bonchev–Trinajstić information content (AvgIpc) is 2.80. The lowest BCUT2D eigenvalue weighted by atomic mass is 10.0. The minimum atomic E-state index is -0.618. The van der Waals surface area contributed by atoms with E-state index in [0.717, 1.165) is 31.6 Å². The van der Waals surface area contributed by atoms with E-state index in [0.29, 0.717) is 6.61 Å². The van der Waals surface area contributed by atoms with Crippen molar-refractivity contribution >= 4 is 0 Å². The zero-order valence-corrected chi connectivity index (χ0v) is 13.1. The molecule has 1 aliphatic rings. The van der Waals surface area contributed by atoms with Crippen LogP contribution >= 0.6 is 0 Å². The maximum absolute atomic E-state index is 6.13. The molecule has 3 heteroatoms. The van der Waals surface area contributed by atoms with Gasteiger partial charge in [0.1, 0.15) is 0 Å². The van der Waals surface area contributed by atoms with E-state index in [1.807, 2.05) is 18.2 Å². The van der Waals surface area contributed by atoms with Gasteiger partial charge in [-0.3, -0.25) is 4.90 Å². The number of hydrogen-bond acceptors (Lipinski definition) is 3. The molecule has 0 radical (unpaired) electrons. The molecule has 0 N–H and O–H groups in total. The zero-order chi connectivity index (χ0) is 15.3. The Morgan fingerprint density at radius 3 is 2.36 bits per heavy atom. The van der Waals surface area contributed by atoms with Gasteiger partial charge in [-0.15, -0.1) is 0 Å². The Balaban J connectivity index is 1.71. The third-order valence-corrected chi connectivity index (χ3v) is 4.29.